The normalized spacial score (nSPS) is 11.2. The summed E-state index contributed by atoms with van der Waals surface area (Å²) in [5.74, 6) is -0.345. The summed E-state index contributed by atoms with van der Waals surface area (Å²) in [5, 5.41) is 3.40. The minimum atomic E-state index is -3.96. The number of para-hydroxylation sites is 1. The molecule has 8 heteroatoms. The predicted molar refractivity (Wildman–Crippen MR) is 131 cm³/mol. The van der Waals surface area contributed by atoms with Crippen molar-refractivity contribution in [3.63, 3.8) is 0 Å². The number of ether oxygens (including phenoxy) is 1. The quantitative estimate of drug-likeness (QED) is 0.417. The first-order valence-electron chi connectivity index (χ1n) is 10.5. The molecule has 174 valence electrons. The van der Waals surface area contributed by atoms with E-state index in [4.69, 9.17) is 16.3 Å². The van der Waals surface area contributed by atoms with E-state index in [9.17, 15) is 13.2 Å². The highest BCUT2D eigenvalue weighted by molar-refractivity contribution is 7.92. The third-order valence-electron chi connectivity index (χ3n) is 5.08. The van der Waals surface area contributed by atoms with Crippen molar-refractivity contribution in [1.82, 2.24) is 5.32 Å². The third-order valence-corrected chi connectivity index (χ3v) is 7.10. The Morgan fingerprint density at radius 2 is 1.67 bits per heavy atom. The molecule has 6 nitrogen and oxygen atoms in total. The summed E-state index contributed by atoms with van der Waals surface area (Å²) in [5.41, 5.74) is 2.27. The second-order valence-electron chi connectivity index (χ2n) is 7.57. The number of hydrogen-bond donors (Lipinski definition) is 1. The number of carbonyl (C=O) groups excluding carboxylic acids is 1. The number of amides is 1. The van der Waals surface area contributed by atoms with Gasteiger partial charge in [0.25, 0.3) is 15.9 Å². The summed E-state index contributed by atoms with van der Waals surface area (Å²) in [4.78, 5) is 13.1. The Kier molecular flexibility index (Phi) is 8.49. The number of benzene rings is 3. The van der Waals surface area contributed by atoms with Crippen LogP contribution in [0.25, 0.3) is 0 Å². The lowest BCUT2D eigenvalue weighted by Gasteiger charge is -2.27. The highest BCUT2D eigenvalue weighted by Crippen LogP contribution is 2.29. The minimum Gasteiger partial charge on any atom is -0.385 e. The molecule has 0 fully saturated rings. The number of aryl methyl sites for hydroxylation is 1. The SMILES string of the molecule is COCCCNC(=O)c1ccccc1N(Cc1ccc(Cl)cc1)S(=O)(=O)c1ccc(C)cc1. The molecule has 0 heterocycles. The lowest BCUT2D eigenvalue weighted by molar-refractivity contribution is 0.0949. The highest BCUT2D eigenvalue weighted by Gasteiger charge is 2.28. The number of sulfonamides is 1. The molecule has 1 N–H and O–H groups in total. The van der Waals surface area contributed by atoms with E-state index in [1.807, 2.05) is 6.92 Å². The number of nitrogens with zero attached hydrogens (tertiary/aromatic N) is 1. The first-order chi connectivity index (χ1) is 15.8. The average Bonchev–Trinajstić information content (AvgIpc) is 2.81. The second-order valence-corrected chi connectivity index (χ2v) is 9.87. The zero-order valence-electron chi connectivity index (χ0n) is 18.6. The fourth-order valence-corrected chi connectivity index (χ4v) is 4.89. The lowest BCUT2D eigenvalue weighted by Crippen LogP contribution is -2.34. The first-order valence-corrected chi connectivity index (χ1v) is 12.3. The Labute approximate surface area is 200 Å². The topological polar surface area (TPSA) is 75.7 Å². The smallest absolute Gasteiger partial charge is 0.264 e. The summed E-state index contributed by atoms with van der Waals surface area (Å²) in [6, 6.07) is 20.3. The second kappa shape index (κ2) is 11.3. The van der Waals surface area contributed by atoms with Crippen LogP contribution in [0, 0.1) is 6.92 Å². The number of rotatable bonds is 10. The number of hydrogen-bond acceptors (Lipinski definition) is 4. The lowest BCUT2D eigenvalue weighted by atomic mass is 10.1. The van der Waals surface area contributed by atoms with Gasteiger partial charge in [-0.15, -0.1) is 0 Å². The van der Waals surface area contributed by atoms with E-state index in [1.165, 1.54) is 4.31 Å². The number of methoxy groups -OCH3 is 1. The molecule has 1 amide bonds. The van der Waals surface area contributed by atoms with Crippen molar-refractivity contribution in [2.75, 3.05) is 24.6 Å². The van der Waals surface area contributed by atoms with Gasteiger partial charge in [0.2, 0.25) is 0 Å². The molecule has 0 aliphatic rings. The fourth-order valence-electron chi connectivity index (χ4n) is 3.29. The molecule has 0 aliphatic heterocycles. The van der Waals surface area contributed by atoms with Gasteiger partial charge in [0, 0.05) is 25.3 Å². The summed E-state index contributed by atoms with van der Waals surface area (Å²) < 4.78 is 33.8. The summed E-state index contributed by atoms with van der Waals surface area (Å²) in [7, 11) is -2.37. The molecule has 0 aromatic heterocycles. The van der Waals surface area contributed by atoms with Gasteiger partial charge in [-0.2, -0.15) is 0 Å². The minimum absolute atomic E-state index is 0.0430. The molecule has 33 heavy (non-hydrogen) atoms. The van der Waals surface area contributed by atoms with Crippen LogP contribution in [0.2, 0.25) is 5.02 Å². The Balaban J connectivity index is 2.03. The summed E-state index contributed by atoms with van der Waals surface area (Å²) in [6.45, 7) is 2.88. The van der Waals surface area contributed by atoms with E-state index in [-0.39, 0.29) is 22.9 Å². The van der Waals surface area contributed by atoms with E-state index in [2.05, 4.69) is 5.32 Å². The van der Waals surface area contributed by atoms with Crippen LogP contribution in [0.4, 0.5) is 5.69 Å². The van der Waals surface area contributed by atoms with E-state index >= 15 is 0 Å². The van der Waals surface area contributed by atoms with E-state index in [0.717, 1.165) is 11.1 Å². The standard InChI is InChI=1S/C25H27ClN2O4S/c1-19-8-14-22(15-9-19)33(30,31)28(18-20-10-12-21(26)13-11-20)24-7-4-3-6-23(24)25(29)27-16-5-17-32-2/h3-4,6-15H,5,16-18H2,1-2H3,(H,27,29). The van der Waals surface area contributed by atoms with Crippen LogP contribution in [0.5, 0.6) is 0 Å². The number of carbonyl (C=O) groups is 1. The fraction of sp³-hybridized carbons (Fsp3) is 0.240. The van der Waals surface area contributed by atoms with Gasteiger partial charge in [0.05, 0.1) is 22.7 Å². The van der Waals surface area contributed by atoms with Crippen molar-refractivity contribution in [3.05, 3.63) is 94.5 Å². The third kappa shape index (κ3) is 6.35. The van der Waals surface area contributed by atoms with Gasteiger partial charge in [-0.3, -0.25) is 9.10 Å². The molecule has 0 bridgehead atoms. The number of nitrogens with one attached hydrogen (secondary N) is 1. The Hall–Kier alpha value is -2.87. The molecule has 0 saturated heterocycles. The summed E-state index contributed by atoms with van der Waals surface area (Å²) in [6.07, 6.45) is 0.653. The summed E-state index contributed by atoms with van der Waals surface area (Å²) >= 11 is 6.01. The van der Waals surface area contributed by atoms with Crippen LogP contribution in [-0.2, 0) is 21.3 Å². The predicted octanol–water partition coefficient (Wildman–Crippen LogP) is 4.81. The Morgan fingerprint density at radius 1 is 1.00 bits per heavy atom. The maximum absolute atomic E-state index is 13.7. The number of anilines is 1. The molecule has 0 atom stereocenters. The maximum atomic E-state index is 13.7. The van der Waals surface area contributed by atoms with E-state index < -0.39 is 10.0 Å². The van der Waals surface area contributed by atoms with Gasteiger partial charge in [-0.25, -0.2) is 8.42 Å². The molecule has 0 aliphatic carbocycles. The van der Waals surface area contributed by atoms with Crippen LogP contribution in [-0.4, -0.2) is 34.6 Å². The number of halogens is 1. The van der Waals surface area contributed by atoms with Gasteiger partial charge in [0.1, 0.15) is 0 Å². The van der Waals surface area contributed by atoms with Gasteiger partial charge in [0.15, 0.2) is 0 Å². The zero-order valence-corrected chi connectivity index (χ0v) is 20.2. The van der Waals surface area contributed by atoms with Crippen LogP contribution in [0.3, 0.4) is 0 Å². The van der Waals surface area contributed by atoms with E-state index in [1.54, 1.807) is 79.9 Å². The molecular weight excluding hydrogens is 460 g/mol. The van der Waals surface area contributed by atoms with Crippen LogP contribution in [0.1, 0.15) is 27.9 Å². The largest absolute Gasteiger partial charge is 0.385 e. The van der Waals surface area contributed by atoms with Crippen molar-refractivity contribution >= 4 is 33.2 Å². The molecule has 3 rings (SSSR count). The van der Waals surface area contributed by atoms with Crippen LogP contribution < -0.4 is 9.62 Å². The molecule has 0 saturated carbocycles. The van der Waals surface area contributed by atoms with Gasteiger partial charge in [-0.1, -0.05) is 53.6 Å². The van der Waals surface area contributed by atoms with Crippen molar-refractivity contribution in [3.8, 4) is 0 Å². The molecule has 3 aromatic carbocycles. The van der Waals surface area contributed by atoms with Gasteiger partial charge >= 0.3 is 0 Å². The average molecular weight is 487 g/mol. The van der Waals surface area contributed by atoms with Crippen LogP contribution in [0.15, 0.2) is 77.7 Å². The zero-order chi connectivity index (χ0) is 23.8. The molecule has 0 spiro atoms. The van der Waals surface area contributed by atoms with Gasteiger partial charge in [-0.05, 0) is 55.3 Å². The Morgan fingerprint density at radius 3 is 2.33 bits per heavy atom. The Bertz CT molecular complexity index is 1180. The van der Waals surface area contributed by atoms with Crippen molar-refractivity contribution in [2.24, 2.45) is 0 Å². The molecular formula is C25H27ClN2O4S. The maximum Gasteiger partial charge on any atom is 0.264 e. The molecule has 0 unspecified atom stereocenters. The van der Waals surface area contributed by atoms with Crippen LogP contribution >= 0.6 is 11.6 Å². The van der Waals surface area contributed by atoms with Crippen molar-refractivity contribution < 1.29 is 17.9 Å². The van der Waals surface area contributed by atoms with Crippen molar-refractivity contribution in [1.29, 1.82) is 0 Å². The molecule has 3 aromatic rings. The van der Waals surface area contributed by atoms with Gasteiger partial charge < -0.3 is 10.1 Å². The highest BCUT2D eigenvalue weighted by atomic mass is 35.5. The van der Waals surface area contributed by atoms with Crippen molar-refractivity contribution in [2.45, 2.75) is 24.8 Å². The first kappa shape index (κ1) is 24.8. The van der Waals surface area contributed by atoms with E-state index in [0.29, 0.717) is 30.3 Å². The molecule has 0 radical (unpaired) electrons. The monoisotopic (exact) mass is 486 g/mol.